The monoisotopic (exact) mass is 756 g/mol. The Morgan fingerprint density at radius 3 is 2.09 bits per heavy atom. The van der Waals surface area contributed by atoms with Crippen LogP contribution in [0.15, 0.2) is 115 Å². The van der Waals surface area contributed by atoms with Crippen molar-refractivity contribution < 1.29 is 19.2 Å². The lowest BCUT2D eigenvalue weighted by molar-refractivity contribution is -0.00430. The number of oxime groups is 1. The average molecular weight is 757 g/mol. The first-order valence-electron chi connectivity index (χ1n) is 20.4. The minimum atomic E-state index is -0.663. The van der Waals surface area contributed by atoms with Crippen molar-refractivity contribution in [2.75, 3.05) is 44.3 Å². The minimum Gasteiger partial charge on any atom is -0.379 e. The maximum absolute atomic E-state index is 14.3. The Kier molecular flexibility index (Phi) is 15.7. The van der Waals surface area contributed by atoms with E-state index in [1.165, 1.54) is 5.56 Å². The van der Waals surface area contributed by atoms with E-state index >= 15 is 0 Å². The number of morpholine rings is 1. The van der Waals surface area contributed by atoms with Gasteiger partial charge in [-0.1, -0.05) is 80.9 Å². The smallest absolute Gasteiger partial charge is 0.365 e. The standard InChI is InChI=1S/C48H60N4O4/c1-7-11-12-13-17-20-44(49-56-47(54)39-18-15-14-16-19-39)38-23-28-43(29-24-38)52(42-26-21-37(8-2)22-27-42)45-30-25-40(35-41(45)36-50(9-3)10-4)46(53)48(5,6)51-31-33-55-34-32-51/h7,14-16,18-19,21-30,35H,1,8-13,17,20,31-34,36H2,2-6H3/b49-44+. The molecule has 0 saturated carbocycles. The van der Waals surface area contributed by atoms with Crippen LogP contribution in [0.1, 0.15) is 104 Å². The van der Waals surface area contributed by atoms with E-state index < -0.39 is 11.5 Å². The summed E-state index contributed by atoms with van der Waals surface area (Å²) >= 11 is 0. The van der Waals surface area contributed by atoms with Gasteiger partial charge >= 0.3 is 5.97 Å². The molecule has 4 aromatic carbocycles. The lowest BCUT2D eigenvalue weighted by atomic mass is 9.89. The van der Waals surface area contributed by atoms with Crippen LogP contribution in [-0.4, -0.2) is 72.2 Å². The molecule has 8 nitrogen and oxygen atoms in total. The second-order valence-electron chi connectivity index (χ2n) is 14.9. The van der Waals surface area contributed by atoms with Crippen LogP contribution >= 0.6 is 0 Å². The highest BCUT2D eigenvalue weighted by Gasteiger charge is 2.36. The van der Waals surface area contributed by atoms with Crippen LogP contribution in [0.4, 0.5) is 17.1 Å². The number of Topliss-reactive ketones (excluding diaryl/α,β-unsaturated/α-hetero) is 1. The number of allylic oxidation sites excluding steroid dienone is 1. The number of carbonyl (C=O) groups is 2. The highest BCUT2D eigenvalue weighted by Crippen LogP contribution is 2.39. The van der Waals surface area contributed by atoms with E-state index in [2.05, 4.69) is 108 Å². The normalized spacial score (nSPS) is 13.8. The maximum atomic E-state index is 14.3. The zero-order valence-electron chi connectivity index (χ0n) is 34.1. The fourth-order valence-electron chi connectivity index (χ4n) is 7.21. The molecule has 8 heteroatoms. The van der Waals surface area contributed by atoms with Gasteiger partial charge in [0.05, 0.1) is 35.7 Å². The summed E-state index contributed by atoms with van der Waals surface area (Å²) < 4.78 is 5.60. The molecule has 56 heavy (non-hydrogen) atoms. The third kappa shape index (κ3) is 10.9. The predicted octanol–water partition coefficient (Wildman–Crippen LogP) is 10.6. The van der Waals surface area contributed by atoms with Crippen molar-refractivity contribution in [3.8, 4) is 0 Å². The molecule has 0 N–H and O–H groups in total. The molecule has 0 unspecified atom stereocenters. The molecular formula is C48H60N4O4. The molecular weight excluding hydrogens is 697 g/mol. The molecule has 1 saturated heterocycles. The molecule has 0 spiro atoms. The van der Waals surface area contributed by atoms with Gasteiger partial charge in [0.25, 0.3) is 0 Å². The van der Waals surface area contributed by atoms with Crippen LogP contribution in [0.5, 0.6) is 0 Å². The van der Waals surface area contributed by atoms with Crippen LogP contribution in [0.3, 0.4) is 0 Å². The summed E-state index contributed by atoms with van der Waals surface area (Å²) in [6.07, 6.45) is 7.52. The van der Waals surface area contributed by atoms with E-state index in [9.17, 15) is 9.59 Å². The van der Waals surface area contributed by atoms with Crippen molar-refractivity contribution in [3.63, 3.8) is 0 Å². The van der Waals surface area contributed by atoms with E-state index in [0.717, 1.165) is 92.2 Å². The van der Waals surface area contributed by atoms with Gasteiger partial charge in [0, 0.05) is 36.6 Å². The Hall–Kier alpha value is -4.89. The summed E-state index contributed by atoms with van der Waals surface area (Å²) in [7, 11) is 0. The summed E-state index contributed by atoms with van der Waals surface area (Å²) in [6, 6.07) is 32.2. The van der Waals surface area contributed by atoms with E-state index in [0.29, 0.717) is 37.3 Å². The van der Waals surface area contributed by atoms with Crippen molar-refractivity contribution in [1.82, 2.24) is 9.80 Å². The molecule has 0 amide bonds. The molecule has 0 aromatic heterocycles. The summed E-state index contributed by atoms with van der Waals surface area (Å²) in [6.45, 7) is 19.6. The Balaban J connectivity index is 1.55. The summed E-state index contributed by atoms with van der Waals surface area (Å²) in [5.41, 5.74) is 7.48. The predicted molar refractivity (Wildman–Crippen MR) is 230 cm³/mol. The second kappa shape index (κ2) is 20.9. The third-order valence-electron chi connectivity index (χ3n) is 10.9. The van der Waals surface area contributed by atoms with Crippen LogP contribution in [0.2, 0.25) is 0 Å². The van der Waals surface area contributed by atoms with Gasteiger partial charge in [-0.2, -0.15) is 0 Å². The maximum Gasteiger partial charge on any atom is 0.365 e. The van der Waals surface area contributed by atoms with Crippen LogP contribution in [0, 0.1) is 0 Å². The number of hydrogen-bond donors (Lipinski definition) is 0. The first-order valence-corrected chi connectivity index (χ1v) is 20.4. The number of anilines is 3. The number of unbranched alkanes of at least 4 members (excludes halogenated alkanes) is 3. The fourth-order valence-corrected chi connectivity index (χ4v) is 7.21. The Morgan fingerprint density at radius 2 is 1.46 bits per heavy atom. The largest absolute Gasteiger partial charge is 0.379 e. The molecule has 1 aliphatic rings. The Labute approximate surface area is 334 Å². The number of benzene rings is 4. The number of aryl methyl sites for hydroxylation is 1. The number of nitrogens with zero attached hydrogens (tertiary/aromatic N) is 4. The van der Waals surface area contributed by atoms with Gasteiger partial charge in [-0.25, -0.2) is 4.79 Å². The van der Waals surface area contributed by atoms with Gasteiger partial charge < -0.3 is 14.5 Å². The molecule has 0 atom stereocenters. The van der Waals surface area contributed by atoms with Crippen LogP contribution in [-0.2, 0) is 22.5 Å². The van der Waals surface area contributed by atoms with Crippen molar-refractivity contribution >= 4 is 34.5 Å². The lowest BCUT2D eigenvalue weighted by Crippen LogP contribution is -2.54. The molecule has 296 valence electrons. The minimum absolute atomic E-state index is 0.110. The summed E-state index contributed by atoms with van der Waals surface area (Å²) in [4.78, 5) is 39.6. The van der Waals surface area contributed by atoms with Crippen molar-refractivity contribution in [1.29, 1.82) is 0 Å². The van der Waals surface area contributed by atoms with E-state index in [4.69, 9.17) is 9.57 Å². The van der Waals surface area contributed by atoms with Crippen LogP contribution < -0.4 is 4.90 Å². The molecule has 1 fully saturated rings. The molecule has 0 radical (unpaired) electrons. The SMILES string of the molecule is C=CCCCCC/C(=N\OC(=O)c1ccccc1)c1ccc(N(c2ccc(CC)cc2)c2ccc(C(=O)C(C)(C)N3CCOCC3)cc2CN(CC)CC)cc1. The highest BCUT2D eigenvalue weighted by molar-refractivity contribution is 6.04. The quantitative estimate of drug-likeness (QED) is 0.0222. The lowest BCUT2D eigenvalue weighted by Gasteiger charge is -2.39. The summed E-state index contributed by atoms with van der Waals surface area (Å²) in [5, 5.41) is 4.43. The van der Waals surface area contributed by atoms with Crippen LogP contribution in [0.25, 0.3) is 0 Å². The highest BCUT2D eigenvalue weighted by atomic mass is 16.7. The van der Waals surface area contributed by atoms with E-state index in [1.807, 2.05) is 44.2 Å². The van der Waals surface area contributed by atoms with Gasteiger partial charge in [0.15, 0.2) is 5.78 Å². The van der Waals surface area contributed by atoms with Crippen molar-refractivity contribution in [2.45, 2.75) is 85.2 Å². The molecule has 1 heterocycles. The van der Waals surface area contributed by atoms with Crippen molar-refractivity contribution in [2.24, 2.45) is 5.16 Å². The van der Waals surface area contributed by atoms with Gasteiger partial charge in [-0.3, -0.25) is 14.6 Å². The summed E-state index contributed by atoms with van der Waals surface area (Å²) in [5.74, 6) is -0.372. The molecule has 0 bridgehead atoms. The van der Waals surface area contributed by atoms with E-state index in [-0.39, 0.29) is 5.78 Å². The van der Waals surface area contributed by atoms with Gasteiger partial charge in [-0.05, 0) is 130 Å². The number of hydrogen-bond acceptors (Lipinski definition) is 8. The molecule has 1 aliphatic heterocycles. The third-order valence-corrected chi connectivity index (χ3v) is 10.9. The number of rotatable bonds is 20. The zero-order valence-corrected chi connectivity index (χ0v) is 34.1. The topological polar surface area (TPSA) is 74.7 Å². The van der Waals surface area contributed by atoms with Gasteiger partial charge in [0.2, 0.25) is 0 Å². The van der Waals surface area contributed by atoms with Crippen molar-refractivity contribution in [3.05, 3.63) is 138 Å². The number of carbonyl (C=O) groups excluding carboxylic acids is 2. The molecule has 0 aliphatic carbocycles. The first kappa shape index (κ1) is 42.3. The average Bonchev–Trinajstić information content (AvgIpc) is 3.25. The van der Waals surface area contributed by atoms with E-state index in [1.54, 1.807) is 12.1 Å². The number of ketones is 1. The second-order valence-corrected chi connectivity index (χ2v) is 14.9. The number of ether oxygens (including phenoxy) is 1. The van der Waals surface area contributed by atoms with Gasteiger partial charge in [0.1, 0.15) is 0 Å². The Bertz CT molecular complexity index is 1890. The first-order chi connectivity index (χ1) is 27.2. The Morgan fingerprint density at radius 1 is 0.821 bits per heavy atom. The zero-order chi connectivity index (χ0) is 39.9. The fraction of sp³-hybridized carbons (Fsp3) is 0.396. The van der Waals surface area contributed by atoms with Gasteiger partial charge in [-0.15, -0.1) is 6.58 Å². The molecule has 5 rings (SSSR count). The molecule has 4 aromatic rings.